The fraction of sp³-hybridized carbons (Fsp3) is 0.0270. The molecule has 0 fully saturated rings. The first-order valence-corrected chi connectivity index (χ1v) is 13.1. The summed E-state index contributed by atoms with van der Waals surface area (Å²) in [6, 6.07) is 25.8. The van der Waals surface area contributed by atoms with Crippen molar-refractivity contribution in [2.75, 3.05) is 0 Å². The van der Waals surface area contributed by atoms with Crippen molar-refractivity contribution >= 4 is 44.4 Å². The minimum atomic E-state index is -1.16. The highest BCUT2D eigenvalue weighted by molar-refractivity contribution is 6.17. The number of furan rings is 1. The molecule has 0 amide bonds. The molecule has 2 heterocycles. The lowest BCUT2D eigenvalue weighted by Crippen LogP contribution is -2.36. The normalized spacial score (nSPS) is 17.8. The van der Waals surface area contributed by atoms with Gasteiger partial charge in [0.1, 0.15) is 22.8 Å². The molecule has 4 nitrogen and oxygen atoms in total. The van der Waals surface area contributed by atoms with E-state index >= 15 is 0 Å². The summed E-state index contributed by atoms with van der Waals surface area (Å²) >= 11 is 0. The van der Waals surface area contributed by atoms with Crippen molar-refractivity contribution in [2.24, 2.45) is 9.98 Å². The molecule has 1 aliphatic heterocycles. The van der Waals surface area contributed by atoms with E-state index in [1.807, 2.05) is 66.7 Å². The maximum Gasteiger partial charge on any atom is 0.169 e. The van der Waals surface area contributed by atoms with Crippen molar-refractivity contribution in [2.45, 2.75) is 6.17 Å². The lowest BCUT2D eigenvalue weighted by molar-refractivity contribution is 0.669. The van der Waals surface area contributed by atoms with Crippen molar-refractivity contribution in [3.8, 4) is 11.1 Å². The van der Waals surface area contributed by atoms with Crippen LogP contribution >= 0.6 is 0 Å². The first kappa shape index (κ1) is 16.6. The highest BCUT2D eigenvalue weighted by atomic mass is 16.3. The molecule has 1 atom stereocenters. The van der Waals surface area contributed by atoms with Crippen LogP contribution in [0.1, 0.15) is 33.8 Å². The number of nitrogens with one attached hydrogen (secondary N) is 1. The van der Waals surface area contributed by atoms with E-state index in [0.717, 1.165) is 16.3 Å². The van der Waals surface area contributed by atoms with E-state index in [1.165, 1.54) is 6.07 Å². The Bertz CT molecular complexity index is 2570. The summed E-state index contributed by atoms with van der Waals surface area (Å²) in [4.78, 5) is 9.60. The highest BCUT2D eigenvalue weighted by Crippen LogP contribution is 2.37. The minimum absolute atomic E-state index is 0.0417. The van der Waals surface area contributed by atoms with E-state index in [2.05, 4.69) is 5.32 Å². The van der Waals surface area contributed by atoms with E-state index < -0.39 is 24.3 Å². The summed E-state index contributed by atoms with van der Waals surface area (Å²) in [6.45, 7) is 0. The predicted molar refractivity (Wildman–Crippen MR) is 168 cm³/mol. The molecule has 194 valence electrons. The average Bonchev–Trinajstić information content (AvgIpc) is 3.48. The maximum atomic E-state index is 8.89. The molecule has 8 rings (SSSR count). The quantitative estimate of drug-likeness (QED) is 0.245. The number of fused-ring (bicyclic) bond motifs is 4. The van der Waals surface area contributed by atoms with Crippen LogP contribution < -0.4 is 5.32 Å². The second-order valence-electron chi connectivity index (χ2n) is 9.67. The van der Waals surface area contributed by atoms with Gasteiger partial charge in [0.05, 0.1) is 11.0 Å². The molecule has 0 spiro atoms. The lowest BCUT2D eigenvalue weighted by atomic mass is 9.97. The van der Waals surface area contributed by atoms with Crippen LogP contribution in [0.4, 0.5) is 0 Å². The molecule has 0 radical (unpaired) electrons. The van der Waals surface area contributed by atoms with Gasteiger partial charge in [-0.3, -0.25) is 0 Å². The van der Waals surface area contributed by atoms with Crippen molar-refractivity contribution in [1.29, 1.82) is 0 Å². The smallest absolute Gasteiger partial charge is 0.169 e. The molecule has 1 N–H and O–H groups in total. The van der Waals surface area contributed by atoms with Gasteiger partial charge in [0.2, 0.25) is 0 Å². The van der Waals surface area contributed by atoms with Crippen molar-refractivity contribution < 1.29 is 15.4 Å². The van der Waals surface area contributed by atoms with Gasteiger partial charge in [-0.25, -0.2) is 9.98 Å². The number of benzene rings is 6. The third-order valence-corrected chi connectivity index (χ3v) is 7.16. The maximum absolute atomic E-state index is 8.89. The van der Waals surface area contributed by atoms with Crippen LogP contribution in [-0.2, 0) is 0 Å². The van der Waals surface area contributed by atoms with E-state index in [1.54, 1.807) is 18.2 Å². The molecule has 6 aromatic carbocycles. The molecule has 1 aromatic heterocycles. The Kier molecular flexibility index (Phi) is 3.89. The van der Waals surface area contributed by atoms with Crippen molar-refractivity contribution in [3.05, 3.63) is 156 Å². The Morgan fingerprint density at radius 2 is 1.41 bits per heavy atom. The number of para-hydroxylation sites is 1. The molecule has 4 heteroatoms. The summed E-state index contributed by atoms with van der Waals surface area (Å²) in [5.41, 5.74) is 3.34. The molecule has 0 aliphatic carbocycles. The van der Waals surface area contributed by atoms with Gasteiger partial charge >= 0.3 is 0 Å². The highest BCUT2D eigenvalue weighted by Gasteiger charge is 2.21. The molecule has 0 bridgehead atoms. The zero-order valence-corrected chi connectivity index (χ0v) is 21.5. The summed E-state index contributed by atoms with van der Waals surface area (Å²) in [7, 11) is 0. The first-order chi connectivity index (χ1) is 23.6. The second-order valence-corrected chi connectivity index (χ2v) is 9.67. The molecular weight excluding hydrogens is 502 g/mol. The molecule has 0 saturated carbocycles. The van der Waals surface area contributed by atoms with Crippen LogP contribution in [0.2, 0.25) is 0 Å². The van der Waals surface area contributed by atoms with Crippen LogP contribution in [0.3, 0.4) is 0 Å². The van der Waals surface area contributed by atoms with E-state index in [-0.39, 0.29) is 35.8 Å². The molecule has 7 aromatic rings. The first-order valence-electron chi connectivity index (χ1n) is 17.1. The van der Waals surface area contributed by atoms with Crippen LogP contribution in [-0.4, -0.2) is 11.7 Å². The van der Waals surface area contributed by atoms with Gasteiger partial charge in [-0.2, -0.15) is 0 Å². The van der Waals surface area contributed by atoms with Gasteiger partial charge in [-0.15, -0.1) is 0 Å². The second kappa shape index (κ2) is 9.61. The zero-order valence-electron chi connectivity index (χ0n) is 29.5. The molecule has 1 aliphatic rings. The van der Waals surface area contributed by atoms with Gasteiger partial charge < -0.3 is 9.73 Å². The Morgan fingerprint density at radius 1 is 0.610 bits per heavy atom. The van der Waals surface area contributed by atoms with Gasteiger partial charge in [0.15, 0.2) is 6.17 Å². The predicted octanol–water partition coefficient (Wildman–Crippen LogP) is 8.90. The van der Waals surface area contributed by atoms with Gasteiger partial charge in [0.25, 0.3) is 0 Å². The Hall–Kier alpha value is -5.48. The number of hydrogen-bond donors (Lipinski definition) is 1. The van der Waals surface area contributed by atoms with Crippen LogP contribution in [0, 0.1) is 0 Å². The topological polar surface area (TPSA) is 49.9 Å². The Balaban J connectivity index is 1.31. The monoisotopic (exact) mass is 535 g/mol. The largest absolute Gasteiger partial charge is 0.456 e. The Labute approximate surface area is 248 Å². The summed E-state index contributed by atoms with van der Waals surface area (Å²) in [5, 5.41) is 6.54. The minimum Gasteiger partial charge on any atom is -0.456 e. The van der Waals surface area contributed by atoms with Gasteiger partial charge in [-0.1, -0.05) is 115 Å². The summed E-state index contributed by atoms with van der Waals surface area (Å²) in [6.07, 6.45) is -1.16. The van der Waals surface area contributed by atoms with Crippen LogP contribution in [0.25, 0.3) is 43.8 Å². The number of hydrogen-bond acceptors (Lipinski definition) is 4. The average molecular weight is 536 g/mol. The van der Waals surface area contributed by atoms with E-state index in [9.17, 15) is 0 Å². The van der Waals surface area contributed by atoms with Gasteiger partial charge in [-0.05, 0) is 51.7 Å². The number of nitrogens with zero attached hydrogens (tertiary/aromatic N) is 2. The molecule has 41 heavy (non-hydrogen) atoms. The fourth-order valence-corrected chi connectivity index (χ4v) is 5.24. The van der Waals surface area contributed by atoms with Gasteiger partial charge in [0, 0.05) is 21.9 Å². The zero-order chi connectivity index (χ0) is 34.1. The standard InChI is InChI=1S/C37H25N3O/c1-2-11-25(12-3-1)35-38-36(40-37(39-35)29-21-20-24-10-4-5-13-26(24)22-29)28-15-8-14-27(23-28)30-17-9-19-33-34(30)31-16-6-7-18-32(31)41-33/h1-23,35H,(H,38,39,40)/i1D,2D,3D,6D,11D,12D,17D,18D. The van der Waals surface area contributed by atoms with E-state index in [0.29, 0.717) is 50.3 Å². The summed E-state index contributed by atoms with van der Waals surface area (Å²) < 4.78 is 73.5. The fourth-order valence-electron chi connectivity index (χ4n) is 5.24. The molecule has 1 unspecified atom stereocenters. The Morgan fingerprint density at radius 3 is 2.29 bits per heavy atom. The van der Waals surface area contributed by atoms with Crippen LogP contribution in [0.15, 0.2) is 154 Å². The third kappa shape index (κ3) is 4.17. The molecular formula is C37H25N3O. The van der Waals surface area contributed by atoms with Crippen molar-refractivity contribution in [1.82, 2.24) is 5.32 Å². The molecule has 0 saturated heterocycles. The SMILES string of the molecule is [2H]c1cc([2H])c2oc3ccc([2H])c(-c4cccc(C5=NC(c6c([2H])c([2H])c([2H])c([2H])c6[2H])N=C(c6ccc7ccccc7c6)N5)c4)c3c2c1. The van der Waals surface area contributed by atoms with Crippen LogP contribution in [0.5, 0.6) is 0 Å². The van der Waals surface area contributed by atoms with E-state index in [4.69, 9.17) is 25.4 Å². The number of aliphatic imine (C=N–C) groups is 2. The number of amidine groups is 2. The summed E-state index contributed by atoms with van der Waals surface area (Å²) in [5.74, 6) is 0.766. The number of rotatable bonds is 4. The van der Waals surface area contributed by atoms with Crippen molar-refractivity contribution in [3.63, 3.8) is 0 Å². The lowest BCUT2D eigenvalue weighted by Gasteiger charge is -2.23. The third-order valence-electron chi connectivity index (χ3n) is 7.16.